The van der Waals surface area contributed by atoms with Crippen molar-refractivity contribution in [2.75, 3.05) is 0 Å². The number of benzene rings is 1. The molecule has 0 unspecified atom stereocenters. The van der Waals surface area contributed by atoms with Crippen LogP contribution in [-0.4, -0.2) is 0 Å². The Morgan fingerprint density at radius 1 is 1.07 bits per heavy atom. The lowest BCUT2D eigenvalue weighted by molar-refractivity contribution is 0.516. The zero-order valence-corrected chi connectivity index (χ0v) is 7.69. The Kier molecular flexibility index (Phi) is 2.48. The second-order valence-corrected chi connectivity index (χ2v) is 3.83. The molecule has 3 heteroatoms. The van der Waals surface area contributed by atoms with Gasteiger partial charge in [0, 0.05) is 17.7 Å². The van der Waals surface area contributed by atoms with Gasteiger partial charge in [-0.15, -0.1) is 0 Å². The minimum atomic E-state index is -0.852. The lowest BCUT2D eigenvalue weighted by atomic mass is 10.1. The van der Waals surface area contributed by atoms with Crippen LogP contribution in [0.1, 0.15) is 24.8 Å². The largest absolute Gasteiger partial charge is 0.207 e. The van der Waals surface area contributed by atoms with Crippen LogP contribution in [-0.2, 0) is 6.42 Å². The van der Waals surface area contributed by atoms with Crippen molar-refractivity contribution in [3.8, 4) is 0 Å². The molecule has 0 atom stereocenters. The fourth-order valence-corrected chi connectivity index (χ4v) is 1.57. The van der Waals surface area contributed by atoms with Gasteiger partial charge < -0.3 is 0 Å². The molecule has 0 N–H and O–H groups in total. The molecule has 0 bridgehead atoms. The first-order valence-corrected chi connectivity index (χ1v) is 4.80. The first-order chi connectivity index (χ1) is 6.66. The molecule has 1 aliphatic rings. The predicted octanol–water partition coefficient (Wildman–Crippen LogP) is 3.45. The van der Waals surface area contributed by atoms with Gasteiger partial charge in [-0.25, -0.2) is 13.2 Å². The first-order valence-electron chi connectivity index (χ1n) is 4.80. The van der Waals surface area contributed by atoms with E-state index >= 15 is 0 Å². The Bertz CT molecular complexity index is 319. The van der Waals surface area contributed by atoms with Crippen LogP contribution in [0.25, 0.3) is 0 Å². The van der Waals surface area contributed by atoms with Crippen LogP contribution < -0.4 is 0 Å². The smallest absolute Gasteiger partial charge is 0.132 e. The molecule has 0 aromatic heterocycles. The highest BCUT2D eigenvalue weighted by Crippen LogP contribution is 2.34. The summed E-state index contributed by atoms with van der Waals surface area (Å²) in [5.74, 6) is -1.75. The van der Waals surface area contributed by atoms with Gasteiger partial charge in [0.25, 0.3) is 0 Å². The van der Waals surface area contributed by atoms with Gasteiger partial charge in [-0.3, -0.25) is 0 Å². The molecule has 76 valence electrons. The summed E-state index contributed by atoms with van der Waals surface area (Å²) in [4.78, 5) is 0. The van der Waals surface area contributed by atoms with E-state index in [1.165, 1.54) is 0 Å². The van der Waals surface area contributed by atoms with Gasteiger partial charge in [0.15, 0.2) is 0 Å². The molecule has 1 saturated carbocycles. The average Bonchev–Trinajstić information content (AvgIpc) is 2.85. The van der Waals surface area contributed by atoms with Gasteiger partial charge in [0.2, 0.25) is 0 Å². The molecule has 0 amide bonds. The van der Waals surface area contributed by atoms with Crippen LogP contribution in [0, 0.1) is 23.4 Å². The van der Waals surface area contributed by atoms with Gasteiger partial charge in [-0.2, -0.15) is 0 Å². The Hall–Kier alpha value is -0.990. The Morgan fingerprint density at radius 3 is 2.14 bits per heavy atom. The number of hydrogen-bond acceptors (Lipinski definition) is 0. The molecule has 14 heavy (non-hydrogen) atoms. The second kappa shape index (κ2) is 3.64. The van der Waals surface area contributed by atoms with E-state index in [1.54, 1.807) is 0 Å². The van der Waals surface area contributed by atoms with Gasteiger partial charge in [0.05, 0.1) is 0 Å². The van der Waals surface area contributed by atoms with Crippen LogP contribution in [0.4, 0.5) is 13.2 Å². The summed E-state index contributed by atoms with van der Waals surface area (Å²) in [6.07, 6.45) is 3.50. The monoisotopic (exact) mass is 200 g/mol. The van der Waals surface area contributed by atoms with Crippen LogP contribution in [0.2, 0.25) is 0 Å². The summed E-state index contributed by atoms with van der Waals surface area (Å²) in [6, 6.07) is 1.48. The van der Waals surface area contributed by atoms with Crippen LogP contribution in [0.3, 0.4) is 0 Å². The quantitative estimate of drug-likeness (QED) is 0.701. The number of halogens is 3. The summed E-state index contributed by atoms with van der Waals surface area (Å²) in [5, 5.41) is 0. The topological polar surface area (TPSA) is 0 Å². The highest BCUT2D eigenvalue weighted by atomic mass is 19.1. The van der Waals surface area contributed by atoms with Gasteiger partial charge in [-0.1, -0.05) is 12.8 Å². The van der Waals surface area contributed by atoms with E-state index in [4.69, 9.17) is 0 Å². The Morgan fingerprint density at radius 2 is 1.64 bits per heavy atom. The summed E-state index contributed by atoms with van der Waals surface area (Å²) in [7, 11) is 0. The third-order valence-corrected chi connectivity index (χ3v) is 2.61. The maximum atomic E-state index is 13.1. The van der Waals surface area contributed by atoms with E-state index in [2.05, 4.69) is 0 Å². The van der Waals surface area contributed by atoms with Crippen molar-refractivity contribution in [1.29, 1.82) is 0 Å². The van der Waals surface area contributed by atoms with Crippen molar-refractivity contribution in [1.82, 2.24) is 0 Å². The van der Waals surface area contributed by atoms with E-state index in [9.17, 15) is 13.2 Å². The molecule has 0 spiro atoms. The average molecular weight is 200 g/mol. The molecule has 2 rings (SSSR count). The predicted molar refractivity (Wildman–Crippen MR) is 47.4 cm³/mol. The molecule has 1 fully saturated rings. The molecule has 0 nitrogen and oxygen atoms in total. The van der Waals surface area contributed by atoms with Crippen molar-refractivity contribution in [3.05, 3.63) is 35.1 Å². The highest BCUT2D eigenvalue weighted by Gasteiger charge is 2.22. The minimum Gasteiger partial charge on any atom is -0.207 e. The normalized spacial score (nSPS) is 15.9. The van der Waals surface area contributed by atoms with Crippen molar-refractivity contribution in [2.45, 2.75) is 25.7 Å². The summed E-state index contributed by atoms with van der Waals surface area (Å²) < 4.78 is 38.7. The molecular formula is C11H11F3. The summed E-state index contributed by atoms with van der Waals surface area (Å²) in [6.45, 7) is 0. The molecule has 1 aliphatic carbocycles. The maximum Gasteiger partial charge on any atom is 0.132 e. The molecule has 1 aromatic carbocycles. The van der Waals surface area contributed by atoms with Gasteiger partial charge >= 0.3 is 0 Å². The standard InChI is InChI=1S/C11H11F3/c12-8-5-10(13)9(11(14)6-8)4-3-7-1-2-7/h5-7H,1-4H2. The first kappa shape index (κ1) is 9.56. The third kappa shape index (κ3) is 2.08. The fourth-order valence-electron chi connectivity index (χ4n) is 1.57. The Labute approximate surface area is 80.7 Å². The van der Waals surface area contributed by atoms with E-state index in [0.717, 1.165) is 31.4 Å². The molecule has 0 saturated heterocycles. The molecule has 1 aromatic rings. The van der Waals surface area contributed by atoms with E-state index in [0.29, 0.717) is 12.3 Å². The molecule has 0 heterocycles. The molecular weight excluding hydrogens is 189 g/mol. The molecule has 0 aliphatic heterocycles. The number of hydrogen-bond donors (Lipinski definition) is 0. The summed E-state index contributed by atoms with van der Waals surface area (Å²) >= 11 is 0. The Balaban J connectivity index is 2.13. The van der Waals surface area contributed by atoms with Crippen LogP contribution in [0.5, 0.6) is 0 Å². The SMILES string of the molecule is Fc1cc(F)c(CCC2CC2)c(F)c1. The maximum absolute atomic E-state index is 13.1. The van der Waals surface area contributed by atoms with Crippen molar-refractivity contribution >= 4 is 0 Å². The second-order valence-electron chi connectivity index (χ2n) is 3.83. The zero-order valence-electron chi connectivity index (χ0n) is 7.69. The lowest BCUT2D eigenvalue weighted by Gasteiger charge is -2.04. The van der Waals surface area contributed by atoms with Crippen molar-refractivity contribution in [2.24, 2.45) is 5.92 Å². The van der Waals surface area contributed by atoms with E-state index < -0.39 is 17.5 Å². The van der Waals surface area contributed by atoms with E-state index in [-0.39, 0.29) is 5.56 Å². The third-order valence-electron chi connectivity index (χ3n) is 2.61. The van der Waals surface area contributed by atoms with E-state index in [1.807, 2.05) is 0 Å². The minimum absolute atomic E-state index is 0.0262. The van der Waals surface area contributed by atoms with Gasteiger partial charge in [-0.05, 0) is 18.8 Å². The van der Waals surface area contributed by atoms with Crippen molar-refractivity contribution in [3.63, 3.8) is 0 Å². The molecule has 0 radical (unpaired) electrons. The van der Waals surface area contributed by atoms with Crippen molar-refractivity contribution < 1.29 is 13.2 Å². The number of rotatable bonds is 3. The van der Waals surface area contributed by atoms with Crippen LogP contribution in [0.15, 0.2) is 12.1 Å². The summed E-state index contributed by atoms with van der Waals surface area (Å²) in [5.41, 5.74) is 0.0262. The lowest BCUT2D eigenvalue weighted by Crippen LogP contribution is -1.98. The zero-order chi connectivity index (χ0) is 10.1. The van der Waals surface area contributed by atoms with Gasteiger partial charge in [0.1, 0.15) is 17.5 Å². The van der Waals surface area contributed by atoms with Crippen LogP contribution >= 0.6 is 0 Å². The highest BCUT2D eigenvalue weighted by molar-refractivity contribution is 5.21. The fraction of sp³-hybridized carbons (Fsp3) is 0.455.